The monoisotopic (exact) mass is 499 g/mol. The molecule has 0 aromatic carbocycles. The van der Waals surface area contributed by atoms with Gasteiger partial charge in [-0.05, 0) is 36.4 Å². The van der Waals surface area contributed by atoms with Crippen molar-refractivity contribution in [2.45, 2.75) is 0 Å². The van der Waals surface area contributed by atoms with E-state index in [1.54, 1.807) is 73.1 Å². The zero-order valence-electron chi connectivity index (χ0n) is 19.4. The number of carboxylic acids is 1. The van der Waals surface area contributed by atoms with E-state index < -0.39 is 37.5 Å². The van der Waals surface area contributed by atoms with Crippen LogP contribution < -0.4 is 9.47 Å². The summed E-state index contributed by atoms with van der Waals surface area (Å²) in [4.78, 5) is 54.3. The molecule has 0 aliphatic rings. The highest BCUT2D eigenvalue weighted by molar-refractivity contribution is 5.79. The lowest BCUT2D eigenvalue weighted by Crippen LogP contribution is -2.40. The van der Waals surface area contributed by atoms with Gasteiger partial charge in [0.05, 0.1) is 42.4 Å². The molecule has 0 spiro atoms. The van der Waals surface area contributed by atoms with Gasteiger partial charge in [-0.15, -0.1) is 0 Å². The molecule has 4 aromatic heterocycles. The van der Waals surface area contributed by atoms with Crippen LogP contribution in [0.4, 0.5) is 0 Å². The van der Waals surface area contributed by atoms with Crippen LogP contribution in [0.3, 0.4) is 0 Å². The number of hydrogen-bond acceptors (Lipinski definition) is 10. The quantitative estimate of drug-likeness (QED) is 0.321. The maximum absolute atomic E-state index is 12.5. The molecule has 1 N–H and O–H groups in total. The lowest BCUT2D eigenvalue weighted by atomic mass is 10.2. The molecule has 186 valence electrons. The third-order valence-electron chi connectivity index (χ3n) is 4.80. The Hall–Kier alpha value is -5.03. The van der Waals surface area contributed by atoms with Gasteiger partial charge in [-0.2, -0.15) is 0 Å². The fraction of sp³-hybridized carbons (Fsp3) is 0.115. The first-order valence-electron chi connectivity index (χ1n) is 11.1. The van der Waals surface area contributed by atoms with Crippen LogP contribution in [-0.4, -0.2) is 67.5 Å². The van der Waals surface area contributed by atoms with Gasteiger partial charge in [0, 0.05) is 24.5 Å². The number of rotatable bonds is 10. The van der Waals surface area contributed by atoms with Crippen molar-refractivity contribution in [2.24, 2.45) is 0 Å². The Morgan fingerprint density at radius 1 is 0.622 bits per heavy atom. The van der Waals surface area contributed by atoms with Gasteiger partial charge in [-0.3, -0.25) is 29.3 Å². The van der Waals surface area contributed by atoms with E-state index in [4.69, 9.17) is 9.47 Å². The van der Waals surface area contributed by atoms with Crippen molar-refractivity contribution in [3.05, 3.63) is 85.2 Å². The molecule has 0 amide bonds. The standard InChI is InChI=1S/C26H21N5O6/c32-24(33)15-31(16-25(34)36-22-11-5-9-20(29-22)18-7-1-3-13-27-18)17-26(35)37-23-12-6-10-21(30-23)19-8-2-4-14-28-19/h1-14H,15-17H2,(H,32,33). The lowest BCUT2D eigenvalue weighted by Gasteiger charge is -2.18. The van der Waals surface area contributed by atoms with E-state index in [1.165, 1.54) is 12.1 Å². The fourth-order valence-corrected chi connectivity index (χ4v) is 3.28. The highest BCUT2D eigenvalue weighted by Crippen LogP contribution is 2.18. The van der Waals surface area contributed by atoms with Gasteiger partial charge in [0.25, 0.3) is 0 Å². The summed E-state index contributed by atoms with van der Waals surface area (Å²) < 4.78 is 10.5. The van der Waals surface area contributed by atoms with Crippen LogP contribution >= 0.6 is 0 Å². The number of carbonyl (C=O) groups excluding carboxylic acids is 2. The van der Waals surface area contributed by atoms with E-state index in [0.29, 0.717) is 22.8 Å². The molecular formula is C26H21N5O6. The van der Waals surface area contributed by atoms with E-state index in [2.05, 4.69) is 19.9 Å². The highest BCUT2D eigenvalue weighted by Gasteiger charge is 2.21. The van der Waals surface area contributed by atoms with Crippen LogP contribution in [0.5, 0.6) is 11.8 Å². The Morgan fingerprint density at radius 2 is 1.08 bits per heavy atom. The van der Waals surface area contributed by atoms with Crippen molar-refractivity contribution >= 4 is 17.9 Å². The molecule has 0 unspecified atom stereocenters. The third kappa shape index (κ3) is 7.47. The van der Waals surface area contributed by atoms with Crippen molar-refractivity contribution in [2.75, 3.05) is 19.6 Å². The molecule has 0 saturated heterocycles. The second-order valence-corrected chi connectivity index (χ2v) is 7.64. The van der Waals surface area contributed by atoms with E-state index in [0.717, 1.165) is 4.90 Å². The zero-order chi connectivity index (χ0) is 26.0. The predicted octanol–water partition coefficient (Wildman–Crippen LogP) is 2.50. The Kier molecular flexibility index (Phi) is 8.19. The zero-order valence-corrected chi connectivity index (χ0v) is 19.4. The van der Waals surface area contributed by atoms with Crippen molar-refractivity contribution in [1.82, 2.24) is 24.8 Å². The summed E-state index contributed by atoms with van der Waals surface area (Å²) in [5, 5.41) is 9.23. The van der Waals surface area contributed by atoms with Gasteiger partial charge in [-0.25, -0.2) is 9.97 Å². The molecule has 4 heterocycles. The molecule has 0 atom stereocenters. The van der Waals surface area contributed by atoms with Crippen LogP contribution in [-0.2, 0) is 14.4 Å². The molecule has 0 radical (unpaired) electrons. The second kappa shape index (κ2) is 12.1. The molecule has 0 fully saturated rings. The molecular weight excluding hydrogens is 478 g/mol. The van der Waals surface area contributed by atoms with E-state index >= 15 is 0 Å². The van der Waals surface area contributed by atoms with Gasteiger partial charge in [-0.1, -0.05) is 24.3 Å². The predicted molar refractivity (Wildman–Crippen MR) is 130 cm³/mol. The van der Waals surface area contributed by atoms with E-state index in [-0.39, 0.29) is 11.8 Å². The number of ether oxygens (including phenoxy) is 2. The van der Waals surface area contributed by atoms with Crippen molar-refractivity contribution in [3.63, 3.8) is 0 Å². The molecule has 0 saturated carbocycles. The summed E-state index contributed by atoms with van der Waals surface area (Å²) in [5.41, 5.74) is 2.18. The minimum Gasteiger partial charge on any atom is -0.480 e. The second-order valence-electron chi connectivity index (χ2n) is 7.64. The molecule has 0 aliphatic carbocycles. The number of esters is 2. The summed E-state index contributed by atoms with van der Waals surface area (Å²) in [6.07, 6.45) is 3.23. The summed E-state index contributed by atoms with van der Waals surface area (Å²) in [6.45, 7) is -1.57. The number of aliphatic carboxylic acids is 1. The Labute approximate surface area is 211 Å². The van der Waals surface area contributed by atoms with Gasteiger partial charge in [0.2, 0.25) is 11.8 Å². The molecule has 11 nitrogen and oxygen atoms in total. The molecule has 4 rings (SSSR count). The molecule has 0 aliphatic heterocycles. The van der Waals surface area contributed by atoms with Crippen LogP contribution in [0.15, 0.2) is 85.2 Å². The molecule has 4 aromatic rings. The first-order valence-corrected chi connectivity index (χ1v) is 11.1. The summed E-state index contributed by atoms with van der Waals surface area (Å²) >= 11 is 0. The summed E-state index contributed by atoms with van der Waals surface area (Å²) in [5.74, 6) is -2.79. The Morgan fingerprint density at radius 3 is 1.49 bits per heavy atom. The molecule has 37 heavy (non-hydrogen) atoms. The van der Waals surface area contributed by atoms with Crippen molar-refractivity contribution < 1.29 is 29.0 Å². The van der Waals surface area contributed by atoms with Crippen LogP contribution in [0.1, 0.15) is 0 Å². The number of aromatic nitrogens is 4. The van der Waals surface area contributed by atoms with E-state index in [9.17, 15) is 19.5 Å². The largest absolute Gasteiger partial charge is 0.480 e. The Balaban J connectivity index is 1.38. The number of carbonyl (C=O) groups is 3. The lowest BCUT2D eigenvalue weighted by molar-refractivity contribution is -0.143. The van der Waals surface area contributed by atoms with E-state index in [1.807, 2.05) is 0 Å². The first kappa shape index (κ1) is 25.1. The van der Waals surface area contributed by atoms with Gasteiger partial charge in [0.1, 0.15) is 0 Å². The van der Waals surface area contributed by atoms with Crippen LogP contribution in [0.25, 0.3) is 22.8 Å². The molecule has 0 bridgehead atoms. The van der Waals surface area contributed by atoms with Gasteiger partial charge < -0.3 is 14.6 Å². The smallest absolute Gasteiger partial charge is 0.326 e. The maximum atomic E-state index is 12.5. The normalized spacial score (nSPS) is 10.6. The molecule has 11 heteroatoms. The third-order valence-corrected chi connectivity index (χ3v) is 4.80. The van der Waals surface area contributed by atoms with Crippen LogP contribution in [0, 0.1) is 0 Å². The highest BCUT2D eigenvalue weighted by atomic mass is 16.5. The van der Waals surface area contributed by atoms with Gasteiger partial charge in [0.15, 0.2) is 0 Å². The average Bonchev–Trinajstić information content (AvgIpc) is 2.89. The maximum Gasteiger partial charge on any atom is 0.326 e. The van der Waals surface area contributed by atoms with Crippen LogP contribution in [0.2, 0.25) is 0 Å². The number of hydrogen-bond donors (Lipinski definition) is 1. The summed E-state index contributed by atoms with van der Waals surface area (Å²) in [7, 11) is 0. The number of nitrogens with zero attached hydrogens (tertiary/aromatic N) is 5. The van der Waals surface area contributed by atoms with Crippen molar-refractivity contribution in [3.8, 4) is 34.5 Å². The van der Waals surface area contributed by atoms with Gasteiger partial charge >= 0.3 is 17.9 Å². The topological polar surface area (TPSA) is 145 Å². The minimum atomic E-state index is -1.23. The minimum absolute atomic E-state index is 0.0153. The first-order chi connectivity index (χ1) is 18.0. The summed E-state index contributed by atoms with van der Waals surface area (Å²) in [6, 6.07) is 20.4. The SMILES string of the molecule is O=C(O)CN(CC(=O)Oc1cccc(-c2ccccn2)n1)CC(=O)Oc1cccc(-c2ccccn2)n1. The Bertz CT molecular complexity index is 1290. The van der Waals surface area contributed by atoms with Crippen molar-refractivity contribution in [1.29, 1.82) is 0 Å². The number of carboxylic acid groups (broad SMARTS) is 1. The fourth-order valence-electron chi connectivity index (χ4n) is 3.28. The number of pyridine rings is 4. The average molecular weight is 499 g/mol.